The molecule has 8 heteroatoms. The van der Waals surface area contributed by atoms with E-state index >= 15 is 0 Å². The molecule has 0 bridgehead atoms. The highest BCUT2D eigenvalue weighted by atomic mass is 127. The average Bonchev–Trinajstić information content (AvgIpc) is 2.80. The molecule has 0 aliphatic carbocycles. The van der Waals surface area contributed by atoms with Gasteiger partial charge in [-0.15, -0.1) is 5.10 Å². The lowest BCUT2D eigenvalue weighted by Crippen LogP contribution is -2.43. The van der Waals surface area contributed by atoms with Crippen LogP contribution < -0.4 is 10.6 Å². The summed E-state index contributed by atoms with van der Waals surface area (Å²) in [6, 6.07) is 5.71. The molecule has 3 rings (SSSR count). The van der Waals surface area contributed by atoms with Crippen LogP contribution in [0.15, 0.2) is 24.4 Å². The van der Waals surface area contributed by atoms with Gasteiger partial charge in [-0.05, 0) is 40.8 Å². The fourth-order valence-electron chi connectivity index (χ4n) is 1.80. The summed E-state index contributed by atoms with van der Waals surface area (Å²) in [5, 5.41) is 14.2. The van der Waals surface area contributed by atoms with Crippen molar-refractivity contribution in [1.82, 2.24) is 20.3 Å². The number of amides is 1. The van der Waals surface area contributed by atoms with Gasteiger partial charge in [-0.2, -0.15) is 0 Å². The fourth-order valence-corrected chi connectivity index (χ4v) is 2.70. The Hall–Kier alpha value is -1.19. The van der Waals surface area contributed by atoms with E-state index in [-0.39, 0.29) is 17.6 Å². The molecule has 0 spiro atoms. The van der Waals surface area contributed by atoms with E-state index in [9.17, 15) is 4.79 Å². The van der Waals surface area contributed by atoms with Gasteiger partial charge in [0.25, 0.3) is 5.91 Å². The first-order chi connectivity index (χ1) is 9.63. The van der Waals surface area contributed by atoms with Gasteiger partial charge in [0.05, 0.1) is 22.9 Å². The van der Waals surface area contributed by atoms with Crippen LogP contribution in [0.25, 0.3) is 0 Å². The third-order valence-electron chi connectivity index (χ3n) is 3.06. The Morgan fingerprint density at radius 3 is 2.95 bits per heavy atom. The first-order valence-corrected chi connectivity index (χ1v) is 7.48. The highest BCUT2D eigenvalue weighted by Gasteiger charge is 2.21. The zero-order chi connectivity index (χ0) is 14.1. The normalized spacial score (nSPS) is 14.9. The minimum absolute atomic E-state index is 0.283. The number of carbonyl (C=O) groups excluding carboxylic acids is 1. The maximum atomic E-state index is 12.1. The quantitative estimate of drug-likeness (QED) is 0.768. The summed E-state index contributed by atoms with van der Waals surface area (Å²) >= 11 is 8.24. The van der Waals surface area contributed by atoms with Crippen LogP contribution in [0.4, 0.5) is 5.69 Å². The van der Waals surface area contributed by atoms with Gasteiger partial charge in [0.2, 0.25) is 0 Å². The number of aromatic nitrogens is 3. The van der Waals surface area contributed by atoms with E-state index in [0.717, 1.165) is 16.7 Å². The number of halogens is 2. The second-order valence-corrected chi connectivity index (χ2v) is 6.13. The molecule has 1 saturated heterocycles. The number of carbonyl (C=O) groups is 1. The molecule has 2 heterocycles. The first-order valence-electron chi connectivity index (χ1n) is 6.02. The van der Waals surface area contributed by atoms with Gasteiger partial charge in [-0.25, -0.2) is 4.68 Å². The lowest BCUT2D eigenvalue weighted by molar-refractivity contribution is 0.102. The van der Waals surface area contributed by atoms with Crippen LogP contribution in [0.2, 0.25) is 5.02 Å². The fraction of sp³-hybridized carbons (Fsp3) is 0.250. The third kappa shape index (κ3) is 2.79. The molecular weight excluding hydrogens is 393 g/mol. The van der Waals surface area contributed by atoms with E-state index in [0.29, 0.717) is 10.7 Å². The highest BCUT2D eigenvalue weighted by molar-refractivity contribution is 14.1. The molecule has 0 atom stereocenters. The zero-order valence-electron chi connectivity index (χ0n) is 10.3. The molecule has 104 valence electrons. The largest absolute Gasteiger partial charge is 0.319 e. The summed E-state index contributed by atoms with van der Waals surface area (Å²) in [5.74, 6) is -0.313. The molecule has 2 aromatic rings. The summed E-state index contributed by atoms with van der Waals surface area (Å²) in [6.45, 7) is 1.71. The molecule has 1 aliphatic heterocycles. The highest BCUT2D eigenvalue weighted by Crippen LogP contribution is 2.24. The Morgan fingerprint density at radius 1 is 1.50 bits per heavy atom. The van der Waals surface area contributed by atoms with Gasteiger partial charge in [0, 0.05) is 16.7 Å². The molecule has 1 fully saturated rings. The maximum absolute atomic E-state index is 12.1. The van der Waals surface area contributed by atoms with Crippen LogP contribution in [-0.2, 0) is 0 Å². The van der Waals surface area contributed by atoms with Gasteiger partial charge in [-0.3, -0.25) is 4.79 Å². The Labute approximate surface area is 134 Å². The van der Waals surface area contributed by atoms with Crippen LogP contribution in [0.5, 0.6) is 0 Å². The van der Waals surface area contributed by atoms with Crippen molar-refractivity contribution < 1.29 is 4.79 Å². The third-order valence-corrected chi connectivity index (χ3v) is 4.04. The summed E-state index contributed by atoms with van der Waals surface area (Å²) in [6.07, 6.45) is 1.65. The number of nitrogens with one attached hydrogen (secondary N) is 2. The van der Waals surface area contributed by atoms with E-state index in [1.165, 1.54) is 0 Å². The Morgan fingerprint density at radius 2 is 2.30 bits per heavy atom. The van der Waals surface area contributed by atoms with Crippen molar-refractivity contribution in [3.63, 3.8) is 0 Å². The molecule has 0 saturated carbocycles. The van der Waals surface area contributed by atoms with Crippen molar-refractivity contribution in [2.24, 2.45) is 0 Å². The lowest BCUT2D eigenvalue weighted by Gasteiger charge is -2.26. The minimum atomic E-state index is -0.313. The Balaban J connectivity index is 1.73. The van der Waals surface area contributed by atoms with Gasteiger partial charge in [-0.1, -0.05) is 16.8 Å². The standard InChI is InChI=1S/C12H11ClIN5O/c13-9-3-7(14)1-2-10(9)16-12(20)11-6-19(18-17-11)8-4-15-5-8/h1-3,6,8,15H,4-5H2,(H,16,20). The van der Waals surface area contributed by atoms with E-state index < -0.39 is 0 Å². The summed E-state index contributed by atoms with van der Waals surface area (Å²) in [5.41, 5.74) is 0.850. The first kappa shape index (κ1) is 13.8. The summed E-state index contributed by atoms with van der Waals surface area (Å²) in [4.78, 5) is 12.1. The predicted molar refractivity (Wildman–Crippen MR) is 84.1 cm³/mol. The second kappa shape index (κ2) is 5.66. The molecule has 1 amide bonds. The Kier molecular flexibility index (Phi) is 3.90. The van der Waals surface area contributed by atoms with Crippen LogP contribution in [0.1, 0.15) is 16.5 Å². The molecule has 0 radical (unpaired) electrons. The number of anilines is 1. The number of rotatable bonds is 3. The Bertz CT molecular complexity index is 655. The molecule has 0 unspecified atom stereocenters. The van der Waals surface area contributed by atoms with E-state index in [1.807, 2.05) is 6.07 Å². The van der Waals surface area contributed by atoms with Crippen molar-refractivity contribution in [2.45, 2.75) is 6.04 Å². The molecule has 1 aliphatic rings. The van der Waals surface area contributed by atoms with Gasteiger partial charge in [0.1, 0.15) is 0 Å². The van der Waals surface area contributed by atoms with Crippen molar-refractivity contribution in [3.05, 3.63) is 38.7 Å². The SMILES string of the molecule is O=C(Nc1ccc(I)cc1Cl)c1cn(C2CNC2)nn1. The molecule has 1 aromatic heterocycles. The summed E-state index contributed by atoms with van der Waals surface area (Å²) < 4.78 is 2.72. The molecule has 2 N–H and O–H groups in total. The van der Waals surface area contributed by atoms with Crippen molar-refractivity contribution in [3.8, 4) is 0 Å². The molecule has 20 heavy (non-hydrogen) atoms. The molecular formula is C12H11ClIN5O. The summed E-state index contributed by atoms with van der Waals surface area (Å²) in [7, 11) is 0. The number of benzene rings is 1. The number of nitrogens with zero attached hydrogens (tertiary/aromatic N) is 3. The van der Waals surface area contributed by atoms with Gasteiger partial charge < -0.3 is 10.6 Å². The van der Waals surface area contributed by atoms with Crippen LogP contribution in [0, 0.1) is 3.57 Å². The van der Waals surface area contributed by atoms with Crippen molar-refractivity contribution >= 4 is 45.8 Å². The van der Waals surface area contributed by atoms with Crippen LogP contribution in [0.3, 0.4) is 0 Å². The predicted octanol–water partition coefficient (Wildman–Crippen LogP) is 1.93. The van der Waals surface area contributed by atoms with Crippen LogP contribution >= 0.6 is 34.2 Å². The van der Waals surface area contributed by atoms with E-state index in [2.05, 4.69) is 43.5 Å². The van der Waals surface area contributed by atoms with Gasteiger partial charge >= 0.3 is 0 Å². The number of hydrogen-bond acceptors (Lipinski definition) is 4. The molecule has 6 nitrogen and oxygen atoms in total. The average molecular weight is 404 g/mol. The van der Waals surface area contributed by atoms with Crippen molar-refractivity contribution in [1.29, 1.82) is 0 Å². The number of hydrogen-bond donors (Lipinski definition) is 2. The zero-order valence-corrected chi connectivity index (χ0v) is 13.2. The van der Waals surface area contributed by atoms with Crippen molar-refractivity contribution in [2.75, 3.05) is 18.4 Å². The molecule has 1 aromatic carbocycles. The smallest absolute Gasteiger partial charge is 0.277 e. The maximum Gasteiger partial charge on any atom is 0.277 e. The van der Waals surface area contributed by atoms with E-state index in [4.69, 9.17) is 11.6 Å². The van der Waals surface area contributed by atoms with Crippen LogP contribution in [-0.4, -0.2) is 34.0 Å². The topological polar surface area (TPSA) is 71.8 Å². The van der Waals surface area contributed by atoms with E-state index in [1.54, 1.807) is 23.0 Å². The monoisotopic (exact) mass is 403 g/mol. The second-order valence-electron chi connectivity index (χ2n) is 4.47. The minimum Gasteiger partial charge on any atom is -0.319 e. The lowest BCUT2D eigenvalue weighted by atomic mass is 10.2. The van der Waals surface area contributed by atoms with Gasteiger partial charge in [0.15, 0.2) is 5.69 Å².